The molecule has 3 aromatic rings. The minimum absolute atomic E-state index is 0.152. The highest BCUT2D eigenvalue weighted by Crippen LogP contribution is 2.24. The predicted molar refractivity (Wildman–Crippen MR) is 129 cm³/mol. The van der Waals surface area contributed by atoms with Gasteiger partial charge in [-0.05, 0) is 68.7 Å². The number of hydrogen-bond donors (Lipinski definition) is 2. The molecule has 1 aliphatic heterocycles. The van der Waals surface area contributed by atoms with E-state index in [9.17, 15) is 9.18 Å². The lowest BCUT2D eigenvalue weighted by Gasteiger charge is -2.35. The van der Waals surface area contributed by atoms with E-state index < -0.39 is 0 Å². The Morgan fingerprint density at radius 3 is 2.62 bits per heavy atom. The molecule has 0 radical (unpaired) electrons. The number of halogens is 1. The van der Waals surface area contributed by atoms with Gasteiger partial charge in [-0.15, -0.1) is 11.3 Å². The van der Waals surface area contributed by atoms with Crippen LogP contribution in [0.4, 0.5) is 15.8 Å². The molecule has 1 fully saturated rings. The molecule has 5 nitrogen and oxygen atoms in total. The third-order valence-electron chi connectivity index (χ3n) is 5.83. The molecule has 0 aliphatic carbocycles. The van der Waals surface area contributed by atoms with Gasteiger partial charge in [0.05, 0.1) is 17.1 Å². The number of aryl methyl sites for hydroxylation is 1. The van der Waals surface area contributed by atoms with Gasteiger partial charge in [-0.25, -0.2) is 9.37 Å². The quantitative estimate of drug-likeness (QED) is 0.524. The van der Waals surface area contributed by atoms with Crippen LogP contribution in [-0.2, 0) is 11.2 Å². The van der Waals surface area contributed by atoms with E-state index in [1.807, 2.05) is 31.2 Å². The summed E-state index contributed by atoms with van der Waals surface area (Å²) in [6.07, 6.45) is 2.32. The van der Waals surface area contributed by atoms with Crippen molar-refractivity contribution in [2.75, 3.05) is 23.3 Å². The third-order valence-corrected chi connectivity index (χ3v) is 6.62. The van der Waals surface area contributed by atoms with Gasteiger partial charge in [0.15, 0.2) is 0 Å². The number of carbonyl (C=O) groups is 1. The lowest BCUT2D eigenvalue weighted by atomic mass is 10.0. The molecule has 7 heteroatoms. The highest BCUT2D eigenvalue weighted by atomic mass is 32.1. The zero-order valence-corrected chi connectivity index (χ0v) is 19.3. The number of carbonyl (C=O) groups excluding carboxylic acids is 1. The van der Waals surface area contributed by atoms with Gasteiger partial charge in [-0.1, -0.05) is 12.1 Å². The third kappa shape index (κ3) is 5.93. The number of hydrogen-bond acceptors (Lipinski definition) is 5. The van der Waals surface area contributed by atoms with E-state index in [4.69, 9.17) is 0 Å². The van der Waals surface area contributed by atoms with Crippen molar-refractivity contribution in [3.8, 4) is 0 Å². The Morgan fingerprint density at radius 2 is 1.97 bits per heavy atom. The summed E-state index contributed by atoms with van der Waals surface area (Å²) in [5.74, 6) is -0.481. The van der Waals surface area contributed by atoms with Gasteiger partial charge >= 0.3 is 0 Å². The summed E-state index contributed by atoms with van der Waals surface area (Å²) in [5, 5.41) is 9.86. The molecule has 1 amide bonds. The predicted octanol–water partition coefficient (Wildman–Crippen LogP) is 5.09. The molecule has 4 rings (SSSR count). The Hall–Kier alpha value is -2.77. The fourth-order valence-corrected chi connectivity index (χ4v) is 4.82. The number of aromatic nitrogens is 1. The van der Waals surface area contributed by atoms with Crippen LogP contribution in [0.5, 0.6) is 0 Å². The van der Waals surface area contributed by atoms with Crippen LogP contribution in [0.2, 0.25) is 0 Å². The maximum atomic E-state index is 13.3. The normalized spacial score (nSPS) is 15.5. The van der Waals surface area contributed by atoms with Crippen molar-refractivity contribution in [3.05, 3.63) is 76.0 Å². The van der Waals surface area contributed by atoms with Crippen LogP contribution >= 0.6 is 11.3 Å². The van der Waals surface area contributed by atoms with Gasteiger partial charge in [-0.2, -0.15) is 0 Å². The van der Waals surface area contributed by atoms with Gasteiger partial charge in [-0.3, -0.25) is 4.79 Å². The summed E-state index contributed by atoms with van der Waals surface area (Å²) >= 11 is 1.70. The molecular formula is C25H29FN4OS. The smallest absolute Gasteiger partial charge is 0.228 e. The highest BCUT2D eigenvalue weighted by molar-refractivity contribution is 7.09. The summed E-state index contributed by atoms with van der Waals surface area (Å²) in [4.78, 5) is 19.2. The molecule has 2 heterocycles. The summed E-state index contributed by atoms with van der Waals surface area (Å²) < 4.78 is 13.3. The lowest BCUT2D eigenvalue weighted by Crippen LogP contribution is -2.43. The second-order valence-electron chi connectivity index (χ2n) is 8.34. The number of amides is 1. The zero-order valence-electron chi connectivity index (χ0n) is 18.5. The number of thiazole rings is 1. The second-order valence-corrected chi connectivity index (χ2v) is 9.41. The average molecular weight is 453 g/mol. The first-order chi connectivity index (χ1) is 15.5. The summed E-state index contributed by atoms with van der Waals surface area (Å²) in [6, 6.07) is 14.8. The van der Waals surface area contributed by atoms with Crippen LogP contribution in [-0.4, -0.2) is 30.0 Å². The topological polar surface area (TPSA) is 57.3 Å². The van der Waals surface area contributed by atoms with E-state index in [0.717, 1.165) is 48.0 Å². The molecule has 1 aromatic heterocycles. The average Bonchev–Trinajstić information content (AvgIpc) is 3.21. The monoisotopic (exact) mass is 452 g/mol. The number of rotatable bonds is 7. The molecule has 1 atom stereocenters. The lowest BCUT2D eigenvalue weighted by molar-refractivity contribution is -0.115. The number of anilines is 2. The molecule has 2 N–H and O–H groups in total. The Labute approximate surface area is 192 Å². The maximum Gasteiger partial charge on any atom is 0.228 e. The van der Waals surface area contributed by atoms with E-state index in [0.29, 0.717) is 11.6 Å². The van der Waals surface area contributed by atoms with E-state index in [2.05, 4.69) is 32.8 Å². The highest BCUT2D eigenvalue weighted by Gasteiger charge is 2.22. The summed E-state index contributed by atoms with van der Waals surface area (Å²) in [5.41, 5.74) is 3.70. The molecule has 0 spiro atoms. The van der Waals surface area contributed by atoms with Crippen LogP contribution < -0.4 is 15.5 Å². The Bertz CT molecular complexity index is 1040. The maximum absolute atomic E-state index is 13.3. The molecule has 0 saturated carbocycles. The Balaban J connectivity index is 1.25. The first-order valence-electron chi connectivity index (χ1n) is 11.0. The standard InChI is InChI=1S/C25H29FN4OS/c1-17(24-16-32-18(2)28-24)27-22-10-12-30(13-11-22)23-8-6-21(7-9-23)29-25(31)15-19-4-3-5-20(26)14-19/h3-9,14,16-17,22,27H,10-13,15H2,1-2H3,(H,29,31). The SMILES string of the molecule is Cc1nc(C(C)NC2CCN(c3ccc(NC(=O)Cc4cccc(F)c4)cc3)CC2)cs1. The molecule has 1 unspecified atom stereocenters. The van der Waals surface area contributed by atoms with Crippen LogP contribution in [0.25, 0.3) is 0 Å². The number of nitrogens with zero attached hydrogens (tertiary/aromatic N) is 2. The summed E-state index contributed by atoms with van der Waals surface area (Å²) in [7, 11) is 0. The number of piperidine rings is 1. The van der Waals surface area contributed by atoms with E-state index in [-0.39, 0.29) is 24.2 Å². The van der Waals surface area contributed by atoms with Gasteiger partial charge in [0, 0.05) is 41.9 Å². The molecule has 32 heavy (non-hydrogen) atoms. The minimum Gasteiger partial charge on any atom is -0.371 e. The van der Waals surface area contributed by atoms with Crippen LogP contribution in [0, 0.1) is 12.7 Å². The largest absolute Gasteiger partial charge is 0.371 e. The zero-order chi connectivity index (χ0) is 22.5. The van der Waals surface area contributed by atoms with Crippen molar-refractivity contribution >= 4 is 28.6 Å². The Kier molecular flexibility index (Phi) is 7.17. The van der Waals surface area contributed by atoms with Gasteiger partial charge in [0.25, 0.3) is 0 Å². The minimum atomic E-state index is -0.327. The Morgan fingerprint density at radius 1 is 1.22 bits per heavy atom. The molecule has 168 valence electrons. The van der Waals surface area contributed by atoms with Crippen LogP contribution in [0.3, 0.4) is 0 Å². The fourth-order valence-electron chi connectivity index (χ4n) is 4.12. The van der Waals surface area contributed by atoms with Crippen molar-refractivity contribution in [3.63, 3.8) is 0 Å². The molecule has 0 bridgehead atoms. The number of nitrogens with one attached hydrogen (secondary N) is 2. The van der Waals surface area contributed by atoms with Crippen molar-refractivity contribution in [2.24, 2.45) is 0 Å². The van der Waals surface area contributed by atoms with E-state index >= 15 is 0 Å². The first-order valence-corrected chi connectivity index (χ1v) is 11.9. The van der Waals surface area contributed by atoms with Crippen LogP contribution in [0.15, 0.2) is 53.9 Å². The molecule has 2 aromatic carbocycles. The number of benzene rings is 2. The molecule has 1 aliphatic rings. The first kappa shape index (κ1) is 22.4. The molecule has 1 saturated heterocycles. The second kappa shape index (κ2) is 10.2. The van der Waals surface area contributed by atoms with Gasteiger partial charge in [0.2, 0.25) is 5.91 Å². The van der Waals surface area contributed by atoms with Crippen LogP contribution in [0.1, 0.15) is 42.1 Å². The van der Waals surface area contributed by atoms with Crippen molar-refractivity contribution in [1.82, 2.24) is 10.3 Å². The summed E-state index contributed by atoms with van der Waals surface area (Å²) in [6.45, 7) is 6.21. The van der Waals surface area contributed by atoms with E-state index in [1.54, 1.807) is 23.5 Å². The molecular weight excluding hydrogens is 423 g/mol. The van der Waals surface area contributed by atoms with Gasteiger partial charge < -0.3 is 15.5 Å². The van der Waals surface area contributed by atoms with E-state index in [1.165, 1.54) is 12.1 Å². The van der Waals surface area contributed by atoms with Crippen molar-refractivity contribution < 1.29 is 9.18 Å². The van der Waals surface area contributed by atoms with Gasteiger partial charge in [0.1, 0.15) is 5.82 Å². The van der Waals surface area contributed by atoms with Crippen molar-refractivity contribution in [2.45, 2.75) is 45.2 Å². The van der Waals surface area contributed by atoms with Crippen molar-refractivity contribution in [1.29, 1.82) is 0 Å². The fraction of sp³-hybridized carbons (Fsp3) is 0.360.